The second kappa shape index (κ2) is 8.60. The van der Waals surface area contributed by atoms with Gasteiger partial charge in [0.1, 0.15) is 4.34 Å². The van der Waals surface area contributed by atoms with Crippen LogP contribution >= 0.6 is 34.5 Å². The third-order valence-electron chi connectivity index (χ3n) is 3.34. The highest BCUT2D eigenvalue weighted by molar-refractivity contribution is 7.20. The van der Waals surface area contributed by atoms with Crippen molar-refractivity contribution in [3.8, 4) is 23.0 Å². The number of benzene rings is 1. The molecule has 0 unspecified atom stereocenters. The molecule has 3 rings (SSSR count). The molecule has 1 N–H and O–H groups in total. The average Bonchev–Trinajstić information content (AvgIpc) is 3.23. The van der Waals surface area contributed by atoms with Crippen LogP contribution in [0.5, 0.6) is 11.5 Å². The number of hydrogen-bond acceptors (Lipinski definition) is 7. The molecule has 27 heavy (non-hydrogen) atoms. The van der Waals surface area contributed by atoms with Gasteiger partial charge >= 0.3 is 6.01 Å². The van der Waals surface area contributed by atoms with E-state index in [0.717, 1.165) is 11.3 Å². The maximum atomic E-state index is 12.2. The largest absolute Gasteiger partial charge is 0.490 e. The van der Waals surface area contributed by atoms with Gasteiger partial charge in [0.2, 0.25) is 5.89 Å². The number of halogens is 2. The highest BCUT2D eigenvalue weighted by Gasteiger charge is 2.18. The molecule has 0 aliphatic heterocycles. The van der Waals surface area contributed by atoms with Crippen LogP contribution in [0.15, 0.2) is 28.7 Å². The van der Waals surface area contributed by atoms with Crippen LogP contribution in [0, 0.1) is 0 Å². The Hall–Kier alpha value is -2.29. The fourth-order valence-corrected chi connectivity index (χ4v) is 3.69. The van der Waals surface area contributed by atoms with Crippen molar-refractivity contribution in [2.24, 2.45) is 0 Å². The van der Waals surface area contributed by atoms with Gasteiger partial charge in [-0.15, -0.1) is 16.4 Å². The number of aromatic nitrogens is 2. The number of amides is 1. The third kappa shape index (κ3) is 4.52. The van der Waals surface area contributed by atoms with Crippen molar-refractivity contribution in [3.05, 3.63) is 38.5 Å². The van der Waals surface area contributed by atoms with E-state index in [0.29, 0.717) is 34.6 Å². The Morgan fingerprint density at radius 3 is 2.56 bits per heavy atom. The third-order valence-corrected chi connectivity index (χ3v) is 4.82. The van der Waals surface area contributed by atoms with E-state index in [1.165, 1.54) is 6.07 Å². The van der Waals surface area contributed by atoms with Gasteiger partial charge in [0, 0.05) is 5.56 Å². The summed E-state index contributed by atoms with van der Waals surface area (Å²) in [7, 11) is 0. The molecular weight excluding hydrogens is 413 g/mol. The van der Waals surface area contributed by atoms with Crippen LogP contribution in [-0.2, 0) is 0 Å². The molecule has 1 aromatic carbocycles. The fraction of sp³-hybridized carbons (Fsp3) is 0.235. The average molecular weight is 428 g/mol. The summed E-state index contributed by atoms with van der Waals surface area (Å²) in [5, 5.41) is 10.3. The number of hydrogen-bond donors (Lipinski definition) is 1. The van der Waals surface area contributed by atoms with Gasteiger partial charge in [0.25, 0.3) is 5.91 Å². The van der Waals surface area contributed by atoms with E-state index in [9.17, 15) is 4.79 Å². The number of nitrogens with one attached hydrogen (secondary N) is 1. The summed E-state index contributed by atoms with van der Waals surface area (Å²) in [4.78, 5) is 12.2. The van der Waals surface area contributed by atoms with Crippen molar-refractivity contribution in [3.63, 3.8) is 0 Å². The van der Waals surface area contributed by atoms with Crippen LogP contribution in [0.4, 0.5) is 6.01 Å². The molecular formula is C17H15Cl2N3O4S. The van der Waals surface area contributed by atoms with Crippen molar-refractivity contribution in [2.75, 3.05) is 18.5 Å². The first-order valence-electron chi connectivity index (χ1n) is 8.01. The summed E-state index contributed by atoms with van der Waals surface area (Å²) in [5.41, 5.74) is 0.873. The van der Waals surface area contributed by atoms with Crippen LogP contribution in [0.25, 0.3) is 11.5 Å². The number of carbonyl (C=O) groups excluding carboxylic acids is 1. The first-order chi connectivity index (χ1) is 13.0. The molecule has 0 aliphatic carbocycles. The lowest BCUT2D eigenvalue weighted by Crippen LogP contribution is -2.11. The smallest absolute Gasteiger partial charge is 0.322 e. The molecule has 0 bridgehead atoms. The Kier molecular flexibility index (Phi) is 6.20. The van der Waals surface area contributed by atoms with E-state index in [1.54, 1.807) is 18.2 Å². The molecule has 2 heterocycles. The second-order valence-corrected chi connectivity index (χ2v) is 7.42. The van der Waals surface area contributed by atoms with Crippen LogP contribution in [0.2, 0.25) is 8.67 Å². The Balaban J connectivity index is 1.80. The minimum absolute atomic E-state index is 0.0553. The van der Waals surface area contributed by atoms with Gasteiger partial charge in [-0.25, -0.2) is 0 Å². The summed E-state index contributed by atoms with van der Waals surface area (Å²) < 4.78 is 17.3. The zero-order chi connectivity index (χ0) is 19.4. The van der Waals surface area contributed by atoms with E-state index in [4.69, 9.17) is 37.1 Å². The van der Waals surface area contributed by atoms with Gasteiger partial charge < -0.3 is 13.9 Å². The predicted molar refractivity (Wildman–Crippen MR) is 104 cm³/mol. The van der Waals surface area contributed by atoms with E-state index in [-0.39, 0.29) is 21.8 Å². The molecule has 0 aliphatic rings. The summed E-state index contributed by atoms with van der Waals surface area (Å²) in [6.07, 6.45) is 0. The molecule has 3 aromatic rings. The standard InChI is InChI=1S/C17H15Cl2N3O4S/c1-3-24-11-6-5-9(7-12(11)25-4-2)16-21-22-17(26-16)20-15(23)10-8-13(18)27-14(10)19/h5-8H,3-4H2,1-2H3,(H,20,22,23). The molecule has 0 saturated carbocycles. The molecule has 0 radical (unpaired) electrons. The normalized spacial score (nSPS) is 10.7. The minimum Gasteiger partial charge on any atom is -0.490 e. The van der Waals surface area contributed by atoms with Gasteiger partial charge in [0.05, 0.1) is 23.1 Å². The lowest BCUT2D eigenvalue weighted by molar-refractivity contribution is 0.102. The quantitative estimate of drug-likeness (QED) is 0.560. The maximum absolute atomic E-state index is 12.2. The number of carbonyl (C=O) groups is 1. The molecule has 0 saturated heterocycles. The number of thiophene rings is 1. The van der Waals surface area contributed by atoms with Crippen molar-refractivity contribution in [1.29, 1.82) is 0 Å². The molecule has 0 atom stereocenters. The molecule has 10 heteroatoms. The Labute approximate surface area is 169 Å². The Bertz CT molecular complexity index is 958. The van der Waals surface area contributed by atoms with Crippen LogP contribution < -0.4 is 14.8 Å². The molecule has 142 valence electrons. The first-order valence-corrected chi connectivity index (χ1v) is 9.58. The lowest BCUT2D eigenvalue weighted by Gasteiger charge is -2.11. The summed E-state index contributed by atoms with van der Waals surface area (Å²) >= 11 is 12.9. The molecule has 1 amide bonds. The monoisotopic (exact) mass is 427 g/mol. The highest BCUT2D eigenvalue weighted by atomic mass is 35.5. The number of nitrogens with zero attached hydrogens (tertiary/aromatic N) is 2. The van der Waals surface area contributed by atoms with Gasteiger partial charge in [-0.3, -0.25) is 10.1 Å². The van der Waals surface area contributed by atoms with Crippen LogP contribution in [0.1, 0.15) is 24.2 Å². The van der Waals surface area contributed by atoms with Crippen molar-refractivity contribution >= 4 is 46.5 Å². The van der Waals surface area contributed by atoms with E-state index in [1.807, 2.05) is 13.8 Å². The van der Waals surface area contributed by atoms with Crippen molar-refractivity contribution in [2.45, 2.75) is 13.8 Å². The first kappa shape index (κ1) is 19.5. The topological polar surface area (TPSA) is 86.5 Å². The maximum Gasteiger partial charge on any atom is 0.322 e. The Morgan fingerprint density at radius 2 is 1.89 bits per heavy atom. The van der Waals surface area contributed by atoms with Gasteiger partial charge in [-0.1, -0.05) is 28.3 Å². The highest BCUT2D eigenvalue weighted by Crippen LogP contribution is 2.34. The van der Waals surface area contributed by atoms with E-state index < -0.39 is 5.91 Å². The second-order valence-electron chi connectivity index (χ2n) is 5.13. The number of ether oxygens (including phenoxy) is 2. The summed E-state index contributed by atoms with van der Waals surface area (Å²) in [5.74, 6) is 0.934. The van der Waals surface area contributed by atoms with Gasteiger partial charge in [-0.2, -0.15) is 0 Å². The minimum atomic E-state index is -0.486. The van der Waals surface area contributed by atoms with Gasteiger partial charge in [0.15, 0.2) is 11.5 Å². The molecule has 2 aromatic heterocycles. The van der Waals surface area contributed by atoms with Crippen LogP contribution in [0.3, 0.4) is 0 Å². The zero-order valence-corrected chi connectivity index (χ0v) is 16.7. The zero-order valence-electron chi connectivity index (χ0n) is 14.4. The number of anilines is 1. The fourth-order valence-electron chi connectivity index (χ4n) is 2.23. The van der Waals surface area contributed by atoms with E-state index >= 15 is 0 Å². The molecule has 7 nitrogen and oxygen atoms in total. The van der Waals surface area contributed by atoms with Crippen molar-refractivity contribution < 1.29 is 18.7 Å². The number of rotatable bonds is 7. The SMILES string of the molecule is CCOc1ccc(-c2nnc(NC(=O)c3cc(Cl)sc3Cl)o2)cc1OCC. The summed E-state index contributed by atoms with van der Waals surface area (Å²) in [6, 6.07) is 6.69. The molecule has 0 spiro atoms. The predicted octanol–water partition coefficient (Wildman–Crippen LogP) is 5.15. The summed E-state index contributed by atoms with van der Waals surface area (Å²) in [6.45, 7) is 4.78. The Morgan fingerprint density at radius 1 is 1.15 bits per heavy atom. The van der Waals surface area contributed by atoms with Crippen LogP contribution in [-0.4, -0.2) is 29.3 Å². The van der Waals surface area contributed by atoms with Gasteiger partial charge in [-0.05, 0) is 38.1 Å². The van der Waals surface area contributed by atoms with E-state index in [2.05, 4.69) is 15.5 Å². The molecule has 0 fully saturated rings. The lowest BCUT2D eigenvalue weighted by atomic mass is 10.2. The van der Waals surface area contributed by atoms with Crippen molar-refractivity contribution in [1.82, 2.24) is 10.2 Å².